The van der Waals surface area contributed by atoms with Gasteiger partial charge in [-0.3, -0.25) is 4.79 Å². The first-order valence-electron chi connectivity index (χ1n) is 8.46. The van der Waals surface area contributed by atoms with E-state index in [2.05, 4.69) is 0 Å². The van der Waals surface area contributed by atoms with Crippen LogP contribution in [-0.4, -0.2) is 49.4 Å². The van der Waals surface area contributed by atoms with Crippen molar-refractivity contribution in [3.05, 3.63) is 28.2 Å². The third kappa shape index (κ3) is 4.41. The van der Waals surface area contributed by atoms with E-state index in [0.29, 0.717) is 17.2 Å². The fourth-order valence-electron chi connectivity index (χ4n) is 3.69. The molecule has 0 unspecified atom stereocenters. The molecule has 1 aromatic rings. The maximum absolute atomic E-state index is 12.8. The third-order valence-corrected chi connectivity index (χ3v) is 7.43. The van der Waals surface area contributed by atoms with E-state index in [1.165, 1.54) is 0 Å². The molecule has 1 saturated carbocycles. The van der Waals surface area contributed by atoms with Gasteiger partial charge in [-0.15, -0.1) is 0 Å². The molecule has 1 saturated heterocycles. The van der Waals surface area contributed by atoms with Gasteiger partial charge < -0.3 is 9.64 Å². The van der Waals surface area contributed by atoms with Gasteiger partial charge >= 0.3 is 0 Å². The first kappa shape index (κ1) is 18.8. The molecule has 5 nitrogen and oxygen atoms in total. The molecule has 0 radical (unpaired) electrons. The molecule has 138 valence electrons. The number of nitrogens with zero attached hydrogens (tertiary/aromatic N) is 1. The highest BCUT2D eigenvalue weighted by molar-refractivity contribution is 7.91. The average molecular weight is 406 g/mol. The van der Waals surface area contributed by atoms with Crippen LogP contribution in [0.4, 0.5) is 0 Å². The number of sulfone groups is 1. The molecule has 8 heteroatoms. The average Bonchev–Trinajstić information content (AvgIpc) is 3.19. The Morgan fingerprint density at radius 3 is 2.52 bits per heavy atom. The molecule has 1 atom stereocenters. The number of ether oxygens (including phenoxy) is 1. The number of hydrogen-bond donors (Lipinski definition) is 0. The number of carbonyl (C=O) groups is 1. The summed E-state index contributed by atoms with van der Waals surface area (Å²) in [5.41, 5.74) is 0. The van der Waals surface area contributed by atoms with Gasteiger partial charge in [-0.25, -0.2) is 8.42 Å². The van der Waals surface area contributed by atoms with Crippen molar-refractivity contribution in [1.82, 2.24) is 4.90 Å². The van der Waals surface area contributed by atoms with Crippen molar-refractivity contribution in [2.45, 2.75) is 44.2 Å². The molecule has 1 amide bonds. The standard InChI is InChI=1S/C17H21Cl2NO4S/c18-14-6-3-7-15(17(14)19)24-10-16(21)20(12-4-1-2-5-12)13-8-9-25(22,23)11-13/h3,6-7,12-13H,1-2,4-5,8-11H2/t13-/m0/s1. The molecule has 1 heterocycles. The summed E-state index contributed by atoms with van der Waals surface area (Å²) in [5.74, 6) is 0.362. The van der Waals surface area contributed by atoms with Crippen LogP contribution < -0.4 is 4.74 Å². The van der Waals surface area contributed by atoms with E-state index in [-0.39, 0.29) is 41.1 Å². The highest BCUT2D eigenvalue weighted by Crippen LogP contribution is 2.32. The summed E-state index contributed by atoms with van der Waals surface area (Å²) in [7, 11) is -3.06. The second-order valence-electron chi connectivity index (χ2n) is 6.64. The van der Waals surface area contributed by atoms with Crippen LogP contribution in [0, 0.1) is 0 Å². The first-order valence-corrected chi connectivity index (χ1v) is 11.0. The van der Waals surface area contributed by atoms with Crippen molar-refractivity contribution in [2.75, 3.05) is 18.1 Å². The molecular weight excluding hydrogens is 385 g/mol. The number of benzene rings is 1. The minimum absolute atomic E-state index is 0.0488. The Bertz CT molecular complexity index is 747. The van der Waals surface area contributed by atoms with Crippen LogP contribution in [0.15, 0.2) is 18.2 Å². The van der Waals surface area contributed by atoms with E-state index in [4.69, 9.17) is 27.9 Å². The van der Waals surface area contributed by atoms with Crippen molar-refractivity contribution >= 4 is 38.9 Å². The monoisotopic (exact) mass is 405 g/mol. The summed E-state index contributed by atoms with van der Waals surface area (Å²) in [6.07, 6.45) is 4.46. The van der Waals surface area contributed by atoms with Gasteiger partial charge in [0.05, 0.1) is 16.5 Å². The van der Waals surface area contributed by atoms with Crippen LogP contribution in [0.25, 0.3) is 0 Å². The molecule has 1 aromatic carbocycles. The van der Waals surface area contributed by atoms with Crippen molar-refractivity contribution in [3.8, 4) is 5.75 Å². The first-order chi connectivity index (χ1) is 11.9. The second-order valence-corrected chi connectivity index (χ2v) is 9.65. The molecular formula is C17H21Cl2NO4S. The normalized spacial score (nSPS) is 22.9. The molecule has 2 aliphatic rings. The number of amides is 1. The lowest BCUT2D eigenvalue weighted by atomic mass is 10.1. The van der Waals surface area contributed by atoms with Gasteiger partial charge in [0.15, 0.2) is 16.4 Å². The number of rotatable bonds is 5. The zero-order valence-electron chi connectivity index (χ0n) is 13.8. The van der Waals surface area contributed by atoms with E-state index in [9.17, 15) is 13.2 Å². The highest BCUT2D eigenvalue weighted by Gasteiger charge is 2.39. The van der Waals surface area contributed by atoms with E-state index >= 15 is 0 Å². The molecule has 3 rings (SSSR count). The Balaban J connectivity index is 1.72. The summed E-state index contributed by atoms with van der Waals surface area (Å²) in [4.78, 5) is 14.6. The molecule has 1 aliphatic carbocycles. The largest absolute Gasteiger partial charge is 0.482 e. The third-order valence-electron chi connectivity index (χ3n) is 4.88. The number of carbonyl (C=O) groups excluding carboxylic acids is 1. The van der Waals surface area contributed by atoms with Crippen molar-refractivity contribution in [3.63, 3.8) is 0 Å². The zero-order valence-corrected chi connectivity index (χ0v) is 16.1. The lowest BCUT2D eigenvalue weighted by Gasteiger charge is -2.34. The SMILES string of the molecule is O=C(COc1cccc(Cl)c1Cl)N(C1CCCC1)[C@H]1CCS(=O)(=O)C1. The lowest BCUT2D eigenvalue weighted by Crippen LogP contribution is -2.48. The lowest BCUT2D eigenvalue weighted by molar-refractivity contribution is -0.137. The van der Waals surface area contributed by atoms with Gasteiger partial charge in [-0.1, -0.05) is 42.1 Å². The van der Waals surface area contributed by atoms with Crippen LogP contribution in [0.3, 0.4) is 0 Å². The fraction of sp³-hybridized carbons (Fsp3) is 0.588. The zero-order chi connectivity index (χ0) is 18.0. The van der Waals surface area contributed by atoms with Gasteiger partial charge in [0.1, 0.15) is 10.8 Å². The topological polar surface area (TPSA) is 63.7 Å². The van der Waals surface area contributed by atoms with Crippen LogP contribution >= 0.6 is 23.2 Å². The number of halogens is 2. The Morgan fingerprint density at radius 1 is 1.16 bits per heavy atom. The maximum atomic E-state index is 12.8. The Labute approximate surface area is 158 Å². The molecule has 0 aromatic heterocycles. The summed E-state index contributed by atoms with van der Waals surface area (Å²) in [6, 6.07) is 4.85. The Kier molecular flexibility index (Phi) is 5.81. The predicted octanol–water partition coefficient (Wildman–Crippen LogP) is 3.33. The number of hydrogen-bond acceptors (Lipinski definition) is 4. The van der Waals surface area contributed by atoms with Crippen LogP contribution in [0.5, 0.6) is 5.75 Å². The molecule has 1 aliphatic heterocycles. The van der Waals surface area contributed by atoms with Crippen LogP contribution in [0.2, 0.25) is 10.0 Å². The highest BCUT2D eigenvalue weighted by atomic mass is 35.5. The fourth-order valence-corrected chi connectivity index (χ4v) is 5.75. The minimum atomic E-state index is -3.06. The smallest absolute Gasteiger partial charge is 0.261 e. The molecule has 0 spiro atoms. The van der Waals surface area contributed by atoms with Gasteiger partial charge in [0.2, 0.25) is 0 Å². The Morgan fingerprint density at radius 2 is 1.88 bits per heavy atom. The minimum Gasteiger partial charge on any atom is -0.482 e. The van der Waals surface area contributed by atoms with Gasteiger partial charge in [0.25, 0.3) is 5.91 Å². The van der Waals surface area contributed by atoms with Crippen molar-refractivity contribution in [2.24, 2.45) is 0 Å². The second kappa shape index (κ2) is 7.72. The van der Waals surface area contributed by atoms with Crippen LogP contribution in [0.1, 0.15) is 32.1 Å². The van der Waals surface area contributed by atoms with Gasteiger partial charge in [-0.05, 0) is 31.4 Å². The molecule has 0 bridgehead atoms. The van der Waals surface area contributed by atoms with Crippen molar-refractivity contribution in [1.29, 1.82) is 0 Å². The van der Waals surface area contributed by atoms with E-state index in [1.54, 1.807) is 23.1 Å². The molecule has 2 fully saturated rings. The summed E-state index contributed by atoms with van der Waals surface area (Å²) in [6.45, 7) is -0.174. The Hall–Kier alpha value is -0.980. The van der Waals surface area contributed by atoms with E-state index < -0.39 is 9.84 Å². The molecule has 25 heavy (non-hydrogen) atoms. The summed E-state index contributed by atoms with van der Waals surface area (Å²) < 4.78 is 29.3. The maximum Gasteiger partial charge on any atom is 0.261 e. The van der Waals surface area contributed by atoms with E-state index in [1.807, 2.05) is 0 Å². The van der Waals surface area contributed by atoms with Gasteiger partial charge in [0, 0.05) is 12.1 Å². The summed E-state index contributed by atoms with van der Waals surface area (Å²) in [5, 5.41) is 0.633. The summed E-state index contributed by atoms with van der Waals surface area (Å²) >= 11 is 12.0. The predicted molar refractivity (Wildman–Crippen MR) is 98.1 cm³/mol. The van der Waals surface area contributed by atoms with Gasteiger partial charge in [-0.2, -0.15) is 0 Å². The van der Waals surface area contributed by atoms with Crippen molar-refractivity contribution < 1.29 is 17.9 Å². The van der Waals surface area contributed by atoms with E-state index in [0.717, 1.165) is 25.7 Å². The van der Waals surface area contributed by atoms with Crippen LogP contribution in [-0.2, 0) is 14.6 Å². The quantitative estimate of drug-likeness (QED) is 0.753. The molecule has 0 N–H and O–H groups in total.